The van der Waals surface area contributed by atoms with E-state index in [1.54, 1.807) is 11.3 Å². The molecule has 2 heterocycles. The van der Waals surface area contributed by atoms with Crippen LogP contribution in [0.5, 0.6) is 0 Å². The average molecular weight is 306 g/mol. The predicted molar refractivity (Wildman–Crippen MR) is 86.4 cm³/mol. The molecule has 2 fully saturated rings. The lowest BCUT2D eigenvalue weighted by molar-refractivity contribution is -0.136. The smallest absolute Gasteiger partial charge is 0.225 e. The molecule has 0 bridgehead atoms. The summed E-state index contributed by atoms with van der Waals surface area (Å²) >= 11 is 1.73. The zero-order chi connectivity index (χ0) is 14.7. The van der Waals surface area contributed by atoms with Crippen molar-refractivity contribution in [3.05, 3.63) is 16.6 Å². The van der Waals surface area contributed by atoms with Crippen LogP contribution in [0.2, 0.25) is 0 Å². The summed E-state index contributed by atoms with van der Waals surface area (Å²) in [5.74, 6) is 1.83. The summed E-state index contributed by atoms with van der Waals surface area (Å²) in [7, 11) is 0. The Morgan fingerprint density at radius 3 is 2.90 bits per heavy atom. The predicted octanol–water partition coefficient (Wildman–Crippen LogP) is 4.07. The zero-order valence-electron chi connectivity index (χ0n) is 13.0. The van der Waals surface area contributed by atoms with Gasteiger partial charge in [0.1, 0.15) is 0 Å². The fourth-order valence-corrected chi connectivity index (χ4v) is 4.74. The molecule has 1 saturated carbocycles. The average Bonchev–Trinajstić information content (AvgIpc) is 3.20. The number of piperidine rings is 1. The van der Waals surface area contributed by atoms with Crippen molar-refractivity contribution in [2.45, 2.75) is 57.8 Å². The quantitative estimate of drug-likeness (QED) is 0.840. The molecule has 116 valence electrons. The fraction of sp³-hybridized carbons (Fsp3) is 0.765. The van der Waals surface area contributed by atoms with Gasteiger partial charge >= 0.3 is 0 Å². The van der Waals surface area contributed by atoms with Crippen molar-refractivity contribution >= 4 is 17.2 Å². The second kappa shape index (κ2) is 6.91. The first-order chi connectivity index (χ1) is 10.2. The molecule has 0 N–H and O–H groups in total. The van der Waals surface area contributed by atoms with Crippen molar-refractivity contribution in [1.29, 1.82) is 0 Å². The van der Waals surface area contributed by atoms with Crippen LogP contribution in [-0.2, 0) is 4.79 Å². The molecular weight excluding hydrogens is 280 g/mol. The maximum absolute atomic E-state index is 12.7. The second-order valence-electron chi connectivity index (χ2n) is 6.78. The first kappa shape index (κ1) is 15.0. The number of carbonyl (C=O) groups is 1. The number of hydrogen-bond acceptors (Lipinski definition) is 3. The number of hydrogen-bond donors (Lipinski definition) is 0. The molecule has 1 aromatic heterocycles. The third kappa shape index (κ3) is 3.65. The van der Waals surface area contributed by atoms with Gasteiger partial charge in [-0.05, 0) is 25.2 Å². The molecule has 2 atom stereocenters. The Balaban J connectivity index is 1.56. The van der Waals surface area contributed by atoms with E-state index in [2.05, 4.69) is 16.8 Å². The van der Waals surface area contributed by atoms with Gasteiger partial charge in [-0.25, -0.2) is 4.98 Å². The van der Waals surface area contributed by atoms with Gasteiger partial charge in [0.2, 0.25) is 5.91 Å². The van der Waals surface area contributed by atoms with E-state index in [4.69, 9.17) is 0 Å². The van der Waals surface area contributed by atoms with Crippen molar-refractivity contribution in [1.82, 2.24) is 9.88 Å². The maximum atomic E-state index is 12.7. The van der Waals surface area contributed by atoms with Crippen LogP contribution in [0.1, 0.15) is 62.8 Å². The molecule has 1 aromatic rings. The normalized spacial score (nSPS) is 25.2. The van der Waals surface area contributed by atoms with Crippen molar-refractivity contribution < 1.29 is 4.79 Å². The van der Waals surface area contributed by atoms with Gasteiger partial charge < -0.3 is 4.90 Å². The monoisotopic (exact) mass is 306 g/mol. The summed E-state index contributed by atoms with van der Waals surface area (Å²) in [5.41, 5.74) is 0. The largest absolute Gasteiger partial charge is 0.342 e. The number of likely N-dealkylation sites (tertiary alicyclic amines) is 1. The highest BCUT2D eigenvalue weighted by Crippen LogP contribution is 2.32. The Hall–Kier alpha value is -0.900. The van der Waals surface area contributed by atoms with Crippen molar-refractivity contribution in [3.8, 4) is 0 Å². The minimum atomic E-state index is 0.197. The number of nitrogens with zero attached hydrogens (tertiary/aromatic N) is 2. The highest BCUT2D eigenvalue weighted by molar-refractivity contribution is 7.09. The first-order valence-electron chi connectivity index (χ1n) is 8.42. The van der Waals surface area contributed by atoms with Gasteiger partial charge in [-0.1, -0.05) is 32.6 Å². The summed E-state index contributed by atoms with van der Waals surface area (Å²) in [6, 6.07) is 0. The minimum Gasteiger partial charge on any atom is -0.342 e. The standard InChI is InChI=1S/C17H26N2OS/c1-13(11-14-5-2-3-6-14)17(20)19-9-4-7-15(12-19)16-18-8-10-21-16/h8,10,13-15H,2-7,9,11-12H2,1H3/t13-,15+/m0/s1. The molecule has 1 amide bonds. The van der Waals surface area contributed by atoms with Gasteiger partial charge in [0.15, 0.2) is 0 Å². The van der Waals surface area contributed by atoms with E-state index in [1.807, 2.05) is 11.6 Å². The molecule has 0 unspecified atom stereocenters. The molecule has 4 heteroatoms. The van der Waals surface area contributed by atoms with Gasteiger partial charge in [-0.2, -0.15) is 0 Å². The van der Waals surface area contributed by atoms with Crippen molar-refractivity contribution in [2.75, 3.05) is 13.1 Å². The summed E-state index contributed by atoms with van der Waals surface area (Å²) in [5, 5.41) is 3.25. The lowest BCUT2D eigenvalue weighted by Crippen LogP contribution is -2.42. The Bertz CT molecular complexity index is 453. The van der Waals surface area contributed by atoms with E-state index >= 15 is 0 Å². The van der Waals surface area contributed by atoms with Gasteiger partial charge in [0.25, 0.3) is 0 Å². The molecular formula is C17H26N2OS. The van der Waals surface area contributed by atoms with E-state index in [-0.39, 0.29) is 5.92 Å². The molecule has 1 aliphatic carbocycles. The van der Waals surface area contributed by atoms with Crippen LogP contribution in [0, 0.1) is 11.8 Å². The topological polar surface area (TPSA) is 33.2 Å². The van der Waals surface area contributed by atoms with Gasteiger partial charge in [0, 0.05) is 36.5 Å². The van der Waals surface area contributed by atoms with Crippen LogP contribution in [0.15, 0.2) is 11.6 Å². The van der Waals surface area contributed by atoms with Crippen LogP contribution < -0.4 is 0 Å². The highest BCUT2D eigenvalue weighted by atomic mass is 32.1. The third-order valence-corrected chi connectivity index (χ3v) is 6.05. The Morgan fingerprint density at radius 2 is 2.19 bits per heavy atom. The van der Waals surface area contributed by atoms with E-state index in [0.717, 1.165) is 31.8 Å². The molecule has 3 rings (SSSR count). The Labute approximate surface area is 131 Å². The van der Waals surface area contributed by atoms with Crippen LogP contribution in [0.4, 0.5) is 0 Å². The minimum absolute atomic E-state index is 0.197. The Morgan fingerprint density at radius 1 is 1.38 bits per heavy atom. The van der Waals surface area contributed by atoms with Crippen LogP contribution in [0.25, 0.3) is 0 Å². The van der Waals surface area contributed by atoms with Crippen LogP contribution in [0.3, 0.4) is 0 Å². The molecule has 3 nitrogen and oxygen atoms in total. The number of amides is 1. The Kier molecular flexibility index (Phi) is 4.94. The van der Waals surface area contributed by atoms with E-state index in [1.165, 1.54) is 37.1 Å². The van der Waals surface area contributed by atoms with Crippen molar-refractivity contribution in [3.63, 3.8) is 0 Å². The molecule has 1 aliphatic heterocycles. The summed E-state index contributed by atoms with van der Waals surface area (Å²) < 4.78 is 0. The van der Waals surface area contributed by atoms with E-state index < -0.39 is 0 Å². The molecule has 2 aliphatic rings. The van der Waals surface area contributed by atoms with Gasteiger partial charge in [-0.15, -0.1) is 11.3 Å². The summed E-state index contributed by atoms with van der Waals surface area (Å²) in [4.78, 5) is 19.3. The molecule has 0 aromatic carbocycles. The van der Waals surface area contributed by atoms with E-state index in [9.17, 15) is 4.79 Å². The van der Waals surface area contributed by atoms with Crippen LogP contribution in [-0.4, -0.2) is 28.9 Å². The third-order valence-electron chi connectivity index (χ3n) is 5.12. The van der Waals surface area contributed by atoms with Gasteiger partial charge in [0.05, 0.1) is 5.01 Å². The summed E-state index contributed by atoms with van der Waals surface area (Å²) in [6.07, 6.45) is 10.7. The fourth-order valence-electron chi connectivity index (χ4n) is 3.97. The van der Waals surface area contributed by atoms with Gasteiger partial charge in [-0.3, -0.25) is 4.79 Å². The lowest BCUT2D eigenvalue weighted by Gasteiger charge is -2.34. The SMILES string of the molecule is C[C@@H](CC1CCCC1)C(=O)N1CCC[C@@H](c2nccs2)C1. The number of rotatable bonds is 4. The number of aromatic nitrogens is 1. The lowest BCUT2D eigenvalue weighted by atomic mass is 9.92. The molecule has 0 spiro atoms. The number of carbonyl (C=O) groups excluding carboxylic acids is 1. The zero-order valence-corrected chi connectivity index (χ0v) is 13.8. The highest BCUT2D eigenvalue weighted by Gasteiger charge is 2.30. The summed E-state index contributed by atoms with van der Waals surface area (Å²) in [6.45, 7) is 3.95. The van der Waals surface area contributed by atoms with Crippen molar-refractivity contribution in [2.24, 2.45) is 11.8 Å². The molecule has 21 heavy (non-hydrogen) atoms. The molecule has 0 radical (unpaired) electrons. The molecule has 1 saturated heterocycles. The van der Waals surface area contributed by atoms with E-state index in [0.29, 0.717) is 11.8 Å². The van der Waals surface area contributed by atoms with Crippen LogP contribution >= 0.6 is 11.3 Å². The first-order valence-corrected chi connectivity index (χ1v) is 9.30. The second-order valence-corrected chi connectivity index (χ2v) is 7.71. The number of thiazole rings is 1. The maximum Gasteiger partial charge on any atom is 0.225 e.